The number of carbonyl (C=O) groups is 1. The summed E-state index contributed by atoms with van der Waals surface area (Å²) in [5.74, 6) is 0.379. The Morgan fingerprint density at radius 1 is 1.58 bits per heavy atom. The molecule has 106 valence electrons. The van der Waals surface area contributed by atoms with E-state index in [-0.39, 0.29) is 6.42 Å². The maximum atomic E-state index is 14.4. The number of alkyl halides is 1. The summed E-state index contributed by atoms with van der Waals surface area (Å²) in [6.45, 7) is 7.54. The topological polar surface area (TPSA) is 51.2 Å². The third-order valence-electron chi connectivity index (χ3n) is 2.89. The van der Waals surface area contributed by atoms with E-state index in [2.05, 4.69) is 19.5 Å². The summed E-state index contributed by atoms with van der Waals surface area (Å²) in [4.78, 5) is 15.4. The fourth-order valence-electron chi connectivity index (χ4n) is 1.82. The number of fused-ring (bicyclic) bond motifs is 1. The molecule has 0 radical (unpaired) electrons. The molecular weight excluding hydrogens is 266 g/mol. The summed E-state index contributed by atoms with van der Waals surface area (Å²) in [7, 11) is 2.12. The highest BCUT2D eigenvalue weighted by atomic mass is 31.0. The number of anilines is 1. The summed E-state index contributed by atoms with van der Waals surface area (Å²) >= 11 is 0. The predicted molar refractivity (Wildman–Crippen MR) is 77.0 cm³/mol. The van der Waals surface area contributed by atoms with Crippen molar-refractivity contribution in [3.63, 3.8) is 0 Å². The zero-order valence-electron chi connectivity index (χ0n) is 11.7. The molecule has 1 N–H and O–H groups in total. The molecule has 0 fully saturated rings. The van der Waals surface area contributed by atoms with Crippen molar-refractivity contribution in [2.75, 3.05) is 5.32 Å². The van der Waals surface area contributed by atoms with Crippen LogP contribution in [-0.4, -0.2) is 16.5 Å². The Kier molecular flexibility index (Phi) is 5.24. The predicted octanol–water partition coefficient (Wildman–Crippen LogP) is 3.97. The average Bonchev–Trinajstić information content (AvgIpc) is 2.40. The first kappa shape index (κ1) is 15.8. The summed E-state index contributed by atoms with van der Waals surface area (Å²) in [6.07, 6.45) is 0.197. The molecule has 3 atom stereocenters. The number of nitrogens with zero attached hydrogens (tertiary/aromatic N) is 1. The van der Waals surface area contributed by atoms with Crippen molar-refractivity contribution in [3.05, 3.63) is 23.4 Å². The van der Waals surface area contributed by atoms with Crippen molar-refractivity contribution in [1.29, 1.82) is 0 Å². The van der Waals surface area contributed by atoms with Crippen LogP contribution in [0, 0.1) is 6.92 Å². The molecule has 0 spiro atoms. The smallest absolute Gasteiger partial charge is 0.413 e. The van der Waals surface area contributed by atoms with Crippen LogP contribution in [0.1, 0.15) is 44.4 Å². The molecular formula is C13H20FN2O2P. The van der Waals surface area contributed by atoms with Crippen LogP contribution in [0.15, 0.2) is 12.3 Å². The first-order valence-corrected chi connectivity index (χ1v) is 6.94. The molecule has 2 rings (SSSR count). The van der Waals surface area contributed by atoms with Crippen LogP contribution < -0.4 is 5.32 Å². The number of amides is 1. The second-order valence-electron chi connectivity index (χ2n) is 4.08. The maximum Gasteiger partial charge on any atom is 0.413 e. The molecule has 1 aliphatic rings. The molecule has 4 nitrogen and oxygen atoms in total. The molecule has 2 heterocycles. The van der Waals surface area contributed by atoms with Gasteiger partial charge in [-0.2, -0.15) is 0 Å². The van der Waals surface area contributed by atoms with Gasteiger partial charge in [0.1, 0.15) is 5.82 Å². The van der Waals surface area contributed by atoms with Gasteiger partial charge in [0, 0.05) is 11.8 Å². The lowest BCUT2D eigenvalue weighted by Crippen LogP contribution is -2.35. The van der Waals surface area contributed by atoms with E-state index in [1.54, 1.807) is 19.2 Å². The van der Waals surface area contributed by atoms with Gasteiger partial charge in [-0.25, -0.2) is 14.2 Å². The standard InChI is InChI=1S/C11H14FN2O2P.C2H6/c1-3-11(12,17)8-7-6(2)4-5-13-9(7)14-10(15)16-8;1-2/h4-5,8H,3,17H2,1-2H3,(H,13,14,15);1-2H3. The molecule has 1 aromatic heterocycles. The molecule has 1 aliphatic heterocycles. The van der Waals surface area contributed by atoms with Crippen LogP contribution in [-0.2, 0) is 4.74 Å². The van der Waals surface area contributed by atoms with Crippen molar-refractivity contribution < 1.29 is 13.9 Å². The second-order valence-corrected chi connectivity index (χ2v) is 5.04. The number of carbonyl (C=O) groups excluding carboxylic acids is 1. The zero-order chi connectivity index (χ0) is 14.6. The fraction of sp³-hybridized carbons (Fsp3) is 0.538. The Balaban J connectivity index is 0.000000861. The number of cyclic esters (lactones) is 1. The van der Waals surface area contributed by atoms with E-state index in [0.717, 1.165) is 5.56 Å². The van der Waals surface area contributed by atoms with E-state index in [1.165, 1.54) is 0 Å². The van der Waals surface area contributed by atoms with Gasteiger partial charge in [-0.15, -0.1) is 0 Å². The molecule has 3 unspecified atom stereocenters. The summed E-state index contributed by atoms with van der Waals surface area (Å²) < 4.78 is 19.4. The Hall–Kier alpha value is -1.22. The molecule has 1 amide bonds. The van der Waals surface area contributed by atoms with Crippen LogP contribution in [0.3, 0.4) is 0 Å². The first-order valence-electron chi connectivity index (χ1n) is 6.36. The van der Waals surface area contributed by atoms with Gasteiger partial charge in [0.15, 0.2) is 11.5 Å². The first-order chi connectivity index (χ1) is 8.95. The highest BCUT2D eigenvalue weighted by molar-refractivity contribution is 7.18. The monoisotopic (exact) mass is 286 g/mol. The lowest BCUT2D eigenvalue weighted by Gasteiger charge is -2.34. The third kappa shape index (κ3) is 3.21. The quantitative estimate of drug-likeness (QED) is 0.837. The van der Waals surface area contributed by atoms with Gasteiger partial charge in [-0.05, 0) is 25.0 Å². The fourth-order valence-corrected chi connectivity index (χ4v) is 2.05. The number of nitrogens with one attached hydrogen (secondary N) is 1. The summed E-state index contributed by atoms with van der Waals surface area (Å²) in [6, 6.07) is 1.77. The maximum absolute atomic E-state index is 14.4. The van der Waals surface area contributed by atoms with Crippen LogP contribution in [0.25, 0.3) is 0 Å². The number of ether oxygens (including phenoxy) is 1. The molecule has 19 heavy (non-hydrogen) atoms. The van der Waals surface area contributed by atoms with E-state index >= 15 is 0 Å². The number of aryl methyl sites for hydroxylation is 1. The largest absolute Gasteiger partial charge is 0.437 e. The van der Waals surface area contributed by atoms with Crippen LogP contribution in [0.5, 0.6) is 0 Å². The third-order valence-corrected chi connectivity index (χ3v) is 3.60. The Labute approximate surface area is 115 Å². The van der Waals surface area contributed by atoms with E-state index < -0.39 is 17.6 Å². The van der Waals surface area contributed by atoms with E-state index in [1.807, 2.05) is 20.8 Å². The highest BCUT2D eigenvalue weighted by Gasteiger charge is 2.42. The molecule has 0 saturated carbocycles. The molecule has 6 heteroatoms. The molecule has 0 aromatic carbocycles. The van der Waals surface area contributed by atoms with Gasteiger partial charge in [-0.1, -0.05) is 30.0 Å². The van der Waals surface area contributed by atoms with Crippen molar-refractivity contribution in [2.24, 2.45) is 0 Å². The van der Waals surface area contributed by atoms with E-state index in [4.69, 9.17) is 4.74 Å². The number of rotatable bonds is 2. The number of hydrogen-bond acceptors (Lipinski definition) is 3. The van der Waals surface area contributed by atoms with Crippen LogP contribution in [0.2, 0.25) is 0 Å². The van der Waals surface area contributed by atoms with Crippen molar-refractivity contribution in [3.8, 4) is 0 Å². The van der Waals surface area contributed by atoms with Gasteiger partial charge in [0.25, 0.3) is 0 Å². The number of pyridine rings is 1. The van der Waals surface area contributed by atoms with E-state index in [9.17, 15) is 9.18 Å². The lowest BCUT2D eigenvalue weighted by molar-refractivity contribution is 0.0277. The van der Waals surface area contributed by atoms with E-state index in [0.29, 0.717) is 11.4 Å². The molecule has 0 saturated heterocycles. The van der Waals surface area contributed by atoms with Crippen LogP contribution in [0.4, 0.5) is 15.0 Å². The normalized spacial score (nSPS) is 20.1. The number of hydrogen-bond donors (Lipinski definition) is 1. The number of aromatic nitrogens is 1. The minimum atomic E-state index is -1.68. The Bertz CT molecular complexity index is 466. The Morgan fingerprint density at radius 2 is 2.21 bits per heavy atom. The average molecular weight is 286 g/mol. The SMILES string of the molecule is CC.CCC(F)(P)C1OC(=O)Nc2nccc(C)c21. The summed E-state index contributed by atoms with van der Waals surface area (Å²) in [5.41, 5.74) is 1.45. The van der Waals surface area contributed by atoms with Gasteiger partial charge < -0.3 is 4.74 Å². The van der Waals surface area contributed by atoms with Gasteiger partial charge in [0.05, 0.1) is 0 Å². The van der Waals surface area contributed by atoms with Gasteiger partial charge in [-0.3, -0.25) is 5.32 Å². The minimum Gasteiger partial charge on any atom is -0.437 e. The minimum absolute atomic E-state index is 0.226. The molecule has 0 aliphatic carbocycles. The zero-order valence-corrected chi connectivity index (χ0v) is 12.8. The van der Waals surface area contributed by atoms with Crippen molar-refractivity contribution in [1.82, 2.24) is 4.98 Å². The van der Waals surface area contributed by atoms with Crippen LogP contribution >= 0.6 is 9.24 Å². The van der Waals surface area contributed by atoms with Gasteiger partial charge >= 0.3 is 6.09 Å². The highest BCUT2D eigenvalue weighted by Crippen LogP contribution is 2.45. The van der Waals surface area contributed by atoms with Crippen molar-refractivity contribution in [2.45, 2.75) is 45.6 Å². The molecule has 0 bridgehead atoms. The number of halogens is 1. The lowest BCUT2D eigenvalue weighted by atomic mass is 9.98. The molecule has 1 aromatic rings. The Morgan fingerprint density at radius 3 is 2.79 bits per heavy atom. The van der Waals surface area contributed by atoms with Crippen molar-refractivity contribution >= 4 is 21.2 Å². The second kappa shape index (κ2) is 6.29. The summed E-state index contributed by atoms with van der Waals surface area (Å²) in [5, 5.41) is 0.798. The van der Waals surface area contributed by atoms with Gasteiger partial charge in [0.2, 0.25) is 0 Å².